The lowest BCUT2D eigenvalue weighted by atomic mass is 9.77. The Morgan fingerprint density at radius 2 is 1.31 bits per heavy atom. The molecule has 0 bridgehead atoms. The number of fused-ring (bicyclic) bond motifs is 3. The molecule has 0 radical (unpaired) electrons. The number of rotatable bonds is 2. The van der Waals surface area contributed by atoms with Crippen molar-refractivity contribution in [1.82, 2.24) is 0 Å². The van der Waals surface area contributed by atoms with E-state index >= 15 is 0 Å². The van der Waals surface area contributed by atoms with Gasteiger partial charge in [0.2, 0.25) is 0 Å². The minimum Gasteiger partial charge on any atom is -0.399 e. The zero-order valence-corrected chi connectivity index (χ0v) is 19.6. The Morgan fingerprint density at radius 3 is 1.97 bits per heavy atom. The molecule has 2 aliphatic rings. The van der Waals surface area contributed by atoms with Crippen LogP contribution in [-0.4, -0.2) is 18.3 Å². The predicted molar refractivity (Wildman–Crippen MR) is 130 cm³/mol. The van der Waals surface area contributed by atoms with E-state index in [1.165, 1.54) is 27.8 Å². The van der Waals surface area contributed by atoms with Crippen molar-refractivity contribution in [3.63, 3.8) is 0 Å². The molecule has 3 aromatic rings. The van der Waals surface area contributed by atoms with Gasteiger partial charge in [-0.3, -0.25) is 0 Å². The second kappa shape index (κ2) is 6.81. The summed E-state index contributed by atoms with van der Waals surface area (Å²) in [5, 5.41) is 9.36. The van der Waals surface area contributed by atoms with Crippen LogP contribution in [0.5, 0.6) is 0 Å². The summed E-state index contributed by atoms with van der Waals surface area (Å²) < 4.78 is 12.5. The zero-order chi connectivity index (χ0) is 22.9. The molecular formula is C28H28BNO2. The largest absolute Gasteiger partial charge is 0.494 e. The molecule has 4 heteroatoms. The monoisotopic (exact) mass is 421 g/mol. The molecule has 0 unspecified atom stereocenters. The molecule has 3 aromatic carbocycles. The van der Waals surface area contributed by atoms with E-state index < -0.39 is 0 Å². The predicted octanol–water partition coefficient (Wildman–Crippen LogP) is 5.83. The van der Waals surface area contributed by atoms with Crippen LogP contribution in [0.2, 0.25) is 0 Å². The fourth-order valence-electron chi connectivity index (χ4n) is 4.83. The van der Waals surface area contributed by atoms with E-state index in [1.807, 2.05) is 12.1 Å². The van der Waals surface area contributed by atoms with Crippen molar-refractivity contribution in [2.75, 3.05) is 0 Å². The first-order chi connectivity index (χ1) is 15.0. The number of nitrogens with zero attached hydrogens (tertiary/aromatic N) is 1. The van der Waals surface area contributed by atoms with Crippen molar-refractivity contribution >= 4 is 12.6 Å². The lowest BCUT2D eigenvalue weighted by Crippen LogP contribution is -2.41. The first kappa shape index (κ1) is 21.0. The van der Waals surface area contributed by atoms with Crippen LogP contribution in [0.1, 0.15) is 58.2 Å². The van der Waals surface area contributed by atoms with Gasteiger partial charge in [0.1, 0.15) is 0 Å². The lowest BCUT2D eigenvalue weighted by Gasteiger charge is -2.32. The Balaban J connectivity index is 1.53. The maximum atomic E-state index is 9.36. The molecule has 1 aliphatic carbocycles. The van der Waals surface area contributed by atoms with Crippen LogP contribution >= 0.6 is 0 Å². The minimum atomic E-state index is -0.375. The Labute approximate surface area is 191 Å². The summed E-state index contributed by atoms with van der Waals surface area (Å²) in [6, 6.07) is 23.5. The van der Waals surface area contributed by atoms with Crippen LogP contribution in [0.4, 0.5) is 0 Å². The average Bonchev–Trinajstić information content (AvgIpc) is 3.13. The van der Waals surface area contributed by atoms with Gasteiger partial charge in [-0.2, -0.15) is 5.26 Å². The van der Waals surface area contributed by atoms with Gasteiger partial charge in [0.15, 0.2) is 0 Å². The molecule has 5 rings (SSSR count). The van der Waals surface area contributed by atoms with E-state index in [0.29, 0.717) is 5.56 Å². The molecule has 160 valence electrons. The van der Waals surface area contributed by atoms with Crippen molar-refractivity contribution in [3.8, 4) is 28.3 Å². The molecule has 0 N–H and O–H groups in total. The molecule has 1 saturated heterocycles. The van der Waals surface area contributed by atoms with Gasteiger partial charge in [-0.25, -0.2) is 0 Å². The number of nitriles is 1. The van der Waals surface area contributed by atoms with Gasteiger partial charge in [-0.1, -0.05) is 56.3 Å². The quantitative estimate of drug-likeness (QED) is 0.489. The van der Waals surface area contributed by atoms with Gasteiger partial charge in [0, 0.05) is 5.41 Å². The smallest absolute Gasteiger partial charge is 0.399 e. The first-order valence-electron chi connectivity index (χ1n) is 11.2. The van der Waals surface area contributed by atoms with Gasteiger partial charge in [-0.15, -0.1) is 0 Å². The molecule has 0 amide bonds. The zero-order valence-electron chi connectivity index (χ0n) is 19.6. The fraction of sp³-hybridized carbons (Fsp3) is 0.321. The molecule has 1 heterocycles. The Kier molecular flexibility index (Phi) is 4.47. The standard InChI is InChI=1S/C28H28BNO2/c1-26(2)24-14-18(17-30)10-12-22(24)23-13-11-20(16-25(23)26)19-8-7-9-21(15-19)29-31-27(3,4)28(5,6)32-29/h7-16H,1-6H3. The molecule has 32 heavy (non-hydrogen) atoms. The third-order valence-corrected chi connectivity index (χ3v) is 7.55. The highest BCUT2D eigenvalue weighted by molar-refractivity contribution is 6.62. The number of hydrogen-bond donors (Lipinski definition) is 0. The van der Waals surface area contributed by atoms with E-state index in [4.69, 9.17) is 9.31 Å². The molecule has 1 fully saturated rings. The summed E-state index contributed by atoms with van der Waals surface area (Å²) in [7, 11) is -0.375. The molecule has 0 spiro atoms. The van der Waals surface area contributed by atoms with Gasteiger partial charge >= 0.3 is 7.12 Å². The molecule has 0 atom stereocenters. The van der Waals surface area contributed by atoms with Gasteiger partial charge in [0.05, 0.1) is 22.8 Å². The third kappa shape index (κ3) is 3.04. The summed E-state index contributed by atoms with van der Waals surface area (Å²) in [5.74, 6) is 0. The van der Waals surface area contributed by atoms with Gasteiger partial charge in [-0.05, 0) is 84.7 Å². The van der Waals surface area contributed by atoms with E-state index in [1.54, 1.807) is 0 Å². The van der Waals surface area contributed by atoms with Crippen molar-refractivity contribution in [2.45, 2.75) is 58.2 Å². The third-order valence-electron chi connectivity index (χ3n) is 7.55. The molecule has 1 aliphatic heterocycles. The van der Waals surface area contributed by atoms with Crippen molar-refractivity contribution in [1.29, 1.82) is 5.26 Å². The highest BCUT2D eigenvalue weighted by Gasteiger charge is 2.51. The van der Waals surface area contributed by atoms with E-state index in [0.717, 1.165) is 11.0 Å². The molecule has 0 saturated carbocycles. The van der Waals surface area contributed by atoms with Crippen LogP contribution < -0.4 is 5.46 Å². The van der Waals surface area contributed by atoms with Crippen LogP contribution in [0.25, 0.3) is 22.3 Å². The number of benzene rings is 3. The van der Waals surface area contributed by atoms with Crippen molar-refractivity contribution < 1.29 is 9.31 Å². The van der Waals surface area contributed by atoms with Crippen LogP contribution in [0.15, 0.2) is 60.7 Å². The summed E-state index contributed by atoms with van der Waals surface area (Å²) in [5.41, 5.74) is 8.16. The fourth-order valence-corrected chi connectivity index (χ4v) is 4.83. The SMILES string of the molecule is CC1(C)c2cc(C#N)ccc2-c2ccc(-c3cccc(B4OC(C)(C)C(C)(C)O4)c3)cc21. The highest BCUT2D eigenvalue weighted by Crippen LogP contribution is 2.49. The van der Waals surface area contributed by atoms with Crippen molar-refractivity contribution in [3.05, 3.63) is 77.4 Å². The Morgan fingerprint density at radius 1 is 0.719 bits per heavy atom. The van der Waals surface area contributed by atoms with Crippen LogP contribution in [-0.2, 0) is 14.7 Å². The second-order valence-electron chi connectivity index (χ2n) is 10.5. The van der Waals surface area contributed by atoms with Gasteiger partial charge < -0.3 is 9.31 Å². The van der Waals surface area contributed by atoms with Crippen LogP contribution in [0, 0.1) is 11.3 Å². The average molecular weight is 421 g/mol. The number of hydrogen-bond acceptors (Lipinski definition) is 3. The minimum absolute atomic E-state index is 0.156. The normalized spacial score (nSPS) is 19.3. The van der Waals surface area contributed by atoms with Crippen molar-refractivity contribution in [2.24, 2.45) is 0 Å². The molecule has 3 nitrogen and oxygen atoms in total. The van der Waals surface area contributed by atoms with E-state index in [2.05, 4.69) is 96.1 Å². The van der Waals surface area contributed by atoms with E-state index in [9.17, 15) is 5.26 Å². The Hall–Kier alpha value is -2.87. The topological polar surface area (TPSA) is 42.2 Å². The maximum Gasteiger partial charge on any atom is 0.494 e. The summed E-state index contributed by atoms with van der Waals surface area (Å²) in [4.78, 5) is 0. The van der Waals surface area contributed by atoms with E-state index in [-0.39, 0.29) is 23.7 Å². The maximum absolute atomic E-state index is 9.36. The lowest BCUT2D eigenvalue weighted by molar-refractivity contribution is 0.00578. The summed E-state index contributed by atoms with van der Waals surface area (Å²) >= 11 is 0. The van der Waals surface area contributed by atoms with Gasteiger partial charge in [0.25, 0.3) is 0 Å². The molecular weight excluding hydrogens is 393 g/mol. The Bertz CT molecular complexity index is 1270. The molecule has 0 aromatic heterocycles. The van der Waals surface area contributed by atoms with Crippen LogP contribution in [0.3, 0.4) is 0 Å². The second-order valence-corrected chi connectivity index (χ2v) is 10.5. The highest BCUT2D eigenvalue weighted by atomic mass is 16.7. The summed E-state index contributed by atoms with van der Waals surface area (Å²) in [6.45, 7) is 12.8. The first-order valence-corrected chi connectivity index (χ1v) is 11.2. The summed E-state index contributed by atoms with van der Waals surface area (Å²) in [6.07, 6.45) is 0.